The standard InChI is InChI=1S/C17H34O5S.C3H6O2/c1-3-5-6-7-8-9-10-11-12-13-14-15-16-21-23(19,20)22-17(18)4-2;1-2-3(4)5/h3-16H2,1-2H3;2H2,1H3,(H,4,5). The van der Waals surface area contributed by atoms with E-state index in [0.717, 1.165) is 12.8 Å². The van der Waals surface area contributed by atoms with Gasteiger partial charge in [-0.05, 0) is 6.42 Å². The van der Waals surface area contributed by atoms with Crippen molar-refractivity contribution in [3.8, 4) is 0 Å². The zero-order valence-corrected chi connectivity index (χ0v) is 18.7. The van der Waals surface area contributed by atoms with Crippen LogP contribution in [0.2, 0.25) is 0 Å². The molecule has 0 aliphatic carbocycles. The zero-order chi connectivity index (χ0) is 21.7. The normalized spacial score (nSPS) is 10.8. The summed E-state index contributed by atoms with van der Waals surface area (Å²) in [5.74, 6) is -1.54. The van der Waals surface area contributed by atoms with Crippen LogP contribution in [0.5, 0.6) is 0 Å². The Labute approximate surface area is 171 Å². The molecule has 0 spiro atoms. The molecule has 0 unspecified atom stereocenters. The molecule has 8 heteroatoms. The van der Waals surface area contributed by atoms with Gasteiger partial charge in [0.1, 0.15) is 0 Å². The predicted molar refractivity (Wildman–Crippen MR) is 110 cm³/mol. The SMILES string of the molecule is CCC(=O)O.CCCCCCCCCCCCCCOS(=O)(=O)OC(=O)CC. The molecular formula is C20H40O7S. The topological polar surface area (TPSA) is 107 Å². The lowest BCUT2D eigenvalue weighted by atomic mass is 10.1. The van der Waals surface area contributed by atoms with Crippen LogP contribution >= 0.6 is 0 Å². The highest BCUT2D eigenvalue weighted by Crippen LogP contribution is 2.12. The Kier molecular flexibility index (Phi) is 21.4. The monoisotopic (exact) mass is 424 g/mol. The quantitative estimate of drug-likeness (QED) is 0.312. The second-order valence-corrected chi connectivity index (χ2v) is 7.89. The number of carbonyl (C=O) groups is 2. The van der Waals surface area contributed by atoms with Crippen LogP contribution in [0.3, 0.4) is 0 Å². The van der Waals surface area contributed by atoms with E-state index in [-0.39, 0.29) is 19.4 Å². The summed E-state index contributed by atoms with van der Waals surface area (Å²) in [5, 5.41) is 7.72. The fraction of sp³-hybridized carbons (Fsp3) is 0.900. The Morgan fingerprint density at radius 2 is 1.11 bits per heavy atom. The summed E-state index contributed by atoms with van der Waals surface area (Å²) < 4.78 is 31.3. The van der Waals surface area contributed by atoms with Crippen LogP contribution in [0.4, 0.5) is 0 Å². The molecule has 168 valence electrons. The molecule has 1 N–H and O–H groups in total. The van der Waals surface area contributed by atoms with Gasteiger partial charge < -0.3 is 9.29 Å². The zero-order valence-electron chi connectivity index (χ0n) is 17.9. The van der Waals surface area contributed by atoms with Gasteiger partial charge >= 0.3 is 22.3 Å². The predicted octanol–water partition coefficient (Wildman–Crippen LogP) is 5.38. The van der Waals surface area contributed by atoms with E-state index in [0.29, 0.717) is 6.42 Å². The maximum Gasteiger partial charge on any atom is 0.451 e. The summed E-state index contributed by atoms with van der Waals surface area (Å²) in [6, 6.07) is 0. The number of hydrogen-bond donors (Lipinski definition) is 1. The van der Waals surface area contributed by atoms with Crippen molar-refractivity contribution in [2.75, 3.05) is 6.61 Å². The summed E-state index contributed by atoms with van der Waals surface area (Å²) in [6.07, 6.45) is 14.7. The van der Waals surface area contributed by atoms with Crippen molar-refractivity contribution in [1.82, 2.24) is 0 Å². The second-order valence-electron chi connectivity index (χ2n) is 6.68. The Balaban J connectivity index is 0. The molecule has 0 aromatic carbocycles. The number of unbranched alkanes of at least 4 members (excludes halogenated alkanes) is 11. The second kappa shape index (κ2) is 20.6. The van der Waals surface area contributed by atoms with E-state index in [1.165, 1.54) is 64.7 Å². The molecule has 0 bridgehead atoms. The van der Waals surface area contributed by atoms with E-state index in [9.17, 15) is 18.0 Å². The number of aliphatic carboxylic acids is 1. The average molecular weight is 425 g/mol. The summed E-state index contributed by atoms with van der Waals surface area (Å²) in [4.78, 5) is 20.2. The van der Waals surface area contributed by atoms with Gasteiger partial charge in [-0.3, -0.25) is 9.59 Å². The minimum Gasteiger partial charge on any atom is -0.481 e. The van der Waals surface area contributed by atoms with E-state index in [1.807, 2.05) is 0 Å². The minimum absolute atomic E-state index is 0.0151. The molecule has 28 heavy (non-hydrogen) atoms. The number of carboxylic acid groups (broad SMARTS) is 1. The molecule has 0 aromatic rings. The number of carboxylic acids is 1. The third-order valence-electron chi connectivity index (χ3n) is 4.01. The third-order valence-corrected chi connectivity index (χ3v) is 4.86. The first-order valence-corrected chi connectivity index (χ1v) is 12.0. The van der Waals surface area contributed by atoms with E-state index < -0.39 is 22.3 Å². The molecule has 0 aliphatic rings. The van der Waals surface area contributed by atoms with Crippen molar-refractivity contribution in [3.63, 3.8) is 0 Å². The lowest BCUT2D eigenvalue weighted by Crippen LogP contribution is -2.15. The molecule has 0 saturated heterocycles. The lowest BCUT2D eigenvalue weighted by molar-refractivity contribution is -0.137. The van der Waals surface area contributed by atoms with Gasteiger partial charge in [0, 0.05) is 12.8 Å². The highest BCUT2D eigenvalue weighted by atomic mass is 32.3. The molecule has 0 aliphatic heterocycles. The van der Waals surface area contributed by atoms with Gasteiger partial charge in [-0.2, -0.15) is 8.42 Å². The summed E-state index contributed by atoms with van der Waals surface area (Å²) >= 11 is 0. The molecule has 0 aromatic heterocycles. The summed E-state index contributed by atoms with van der Waals surface area (Å²) in [6.45, 7) is 5.44. The van der Waals surface area contributed by atoms with Gasteiger partial charge in [0.25, 0.3) is 0 Å². The van der Waals surface area contributed by atoms with Gasteiger partial charge in [0.2, 0.25) is 0 Å². The van der Waals surface area contributed by atoms with E-state index >= 15 is 0 Å². The molecule has 0 fully saturated rings. The first kappa shape index (κ1) is 29.1. The van der Waals surface area contributed by atoms with Crippen LogP contribution in [0.1, 0.15) is 111 Å². The van der Waals surface area contributed by atoms with Crippen molar-refractivity contribution < 1.29 is 31.5 Å². The smallest absolute Gasteiger partial charge is 0.451 e. The molecular weight excluding hydrogens is 384 g/mol. The maximum atomic E-state index is 11.2. The number of hydrogen-bond acceptors (Lipinski definition) is 6. The van der Waals surface area contributed by atoms with Crippen molar-refractivity contribution >= 4 is 22.3 Å². The first-order valence-electron chi connectivity index (χ1n) is 10.6. The Morgan fingerprint density at radius 3 is 1.46 bits per heavy atom. The lowest BCUT2D eigenvalue weighted by Gasteiger charge is -2.05. The summed E-state index contributed by atoms with van der Waals surface area (Å²) in [5.41, 5.74) is 0. The molecule has 0 radical (unpaired) electrons. The molecule has 0 atom stereocenters. The van der Waals surface area contributed by atoms with Crippen molar-refractivity contribution in [2.45, 2.75) is 111 Å². The van der Waals surface area contributed by atoms with Crippen LogP contribution in [0, 0.1) is 0 Å². The van der Waals surface area contributed by atoms with Crippen LogP contribution in [0.25, 0.3) is 0 Å². The maximum absolute atomic E-state index is 11.2. The van der Waals surface area contributed by atoms with E-state index in [2.05, 4.69) is 15.3 Å². The van der Waals surface area contributed by atoms with Crippen molar-refractivity contribution in [1.29, 1.82) is 0 Å². The van der Waals surface area contributed by atoms with Gasteiger partial charge in [-0.25, -0.2) is 4.18 Å². The fourth-order valence-electron chi connectivity index (χ4n) is 2.30. The van der Waals surface area contributed by atoms with Gasteiger partial charge in [-0.1, -0.05) is 91.4 Å². The van der Waals surface area contributed by atoms with Gasteiger partial charge in [0.15, 0.2) is 0 Å². The molecule has 7 nitrogen and oxygen atoms in total. The van der Waals surface area contributed by atoms with Gasteiger partial charge in [0.05, 0.1) is 6.61 Å². The Bertz CT molecular complexity index is 475. The number of rotatable bonds is 17. The van der Waals surface area contributed by atoms with Crippen LogP contribution in [-0.4, -0.2) is 32.1 Å². The van der Waals surface area contributed by atoms with Crippen LogP contribution in [0.15, 0.2) is 0 Å². The Hall–Kier alpha value is -1.15. The van der Waals surface area contributed by atoms with E-state index in [1.54, 1.807) is 6.92 Å². The number of carbonyl (C=O) groups excluding carboxylic acids is 1. The van der Waals surface area contributed by atoms with Gasteiger partial charge in [-0.15, -0.1) is 0 Å². The highest BCUT2D eigenvalue weighted by molar-refractivity contribution is 7.82. The highest BCUT2D eigenvalue weighted by Gasteiger charge is 2.16. The summed E-state index contributed by atoms with van der Waals surface area (Å²) in [7, 11) is -4.16. The molecule has 0 saturated carbocycles. The molecule has 0 amide bonds. The third kappa shape index (κ3) is 24.8. The van der Waals surface area contributed by atoms with Crippen molar-refractivity contribution in [2.24, 2.45) is 0 Å². The average Bonchev–Trinajstić information content (AvgIpc) is 2.65. The van der Waals surface area contributed by atoms with Crippen LogP contribution in [-0.2, 0) is 28.4 Å². The molecule has 0 rings (SSSR count). The molecule has 0 heterocycles. The van der Waals surface area contributed by atoms with Crippen molar-refractivity contribution in [3.05, 3.63) is 0 Å². The van der Waals surface area contributed by atoms with Crippen LogP contribution < -0.4 is 0 Å². The van der Waals surface area contributed by atoms with E-state index in [4.69, 9.17) is 5.11 Å². The minimum atomic E-state index is -4.16. The fourth-order valence-corrected chi connectivity index (χ4v) is 3.02. The largest absolute Gasteiger partial charge is 0.481 e. The Morgan fingerprint density at radius 1 is 0.714 bits per heavy atom. The first-order chi connectivity index (χ1) is 13.3.